The van der Waals surface area contributed by atoms with Gasteiger partial charge < -0.3 is 10.1 Å². The van der Waals surface area contributed by atoms with Gasteiger partial charge in [0, 0.05) is 6.54 Å². The Balaban J connectivity index is 1.55. The Bertz CT molecular complexity index is 889. The molecule has 0 aliphatic rings. The predicted octanol–water partition coefficient (Wildman–Crippen LogP) is 2.65. The Labute approximate surface area is 151 Å². The molecule has 3 rings (SSSR count). The van der Waals surface area contributed by atoms with E-state index in [-0.39, 0.29) is 12.5 Å². The highest BCUT2D eigenvalue weighted by Crippen LogP contribution is 2.14. The van der Waals surface area contributed by atoms with Crippen LogP contribution in [0.3, 0.4) is 0 Å². The number of nitrogens with zero attached hydrogens (tertiary/aromatic N) is 2. The maximum atomic E-state index is 12.2. The lowest BCUT2D eigenvalue weighted by Gasteiger charge is -2.07. The highest BCUT2D eigenvalue weighted by Gasteiger charge is 2.17. The van der Waals surface area contributed by atoms with Crippen molar-refractivity contribution in [3.8, 4) is 5.69 Å². The molecule has 0 radical (unpaired) electrons. The number of carbonyl (C=O) groups excluding carboxylic acids is 2. The third-order valence-corrected chi connectivity index (χ3v) is 3.90. The molecule has 3 aromatic rings. The second-order valence-electron chi connectivity index (χ2n) is 5.73. The molecule has 0 saturated heterocycles. The molecule has 1 N–H and O–H groups in total. The molecule has 26 heavy (non-hydrogen) atoms. The van der Waals surface area contributed by atoms with E-state index in [4.69, 9.17) is 4.74 Å². The fraction of sp³-hybridized carbons (Fsp3) is 0.150. The van der Waals surface area contributed by atoms with E-state index in [1.54, 1.807) is 11.6 Å². The van der Waals surface area contributed by atoms with Crippen LogP contribution in [0, 0.1) is 6.92 Å². The van der Waals surface area contributed by atoms with E-state index in [2.05, 4.69) is 10.4 Å². The molecule has 0 bridgehead atoms. The van der Waals surface area contributed by atoms with Gasteiger partial charge >= 0.3 is 5.97 Å². The third kappa shape index (κ3) is 4.16. The van der Waals surface area contributed by atoms with Crippen LogP contribution in [0.15, 0.2) is 66.9 Å². The summed E-state index contributed by atoms with van der Waals surface area (Å²) < 4.78 is 6.76. The van der Waals surface area contributed by atoms with Gasteiger partial charge in [0.15, 0.2) is 6.61 Å². The molecular formula is C20H19N3O3. The Morgan fingerprint density at radius 1 is 1.04 bits per heavy atom. The number of para-hydroxylation sites is 1. The first kappa shape index (κ1) is 17.4. The average molecular weight is 349 g/mol. The first-order valence-electron chi connectivity index (χ1n) is 8.23. The topological polar surface area (TPSA) is 73.2 Å². The Kier molecular flexibility index (Phi) is 5.43. The van der Waals surface area contributed by atoms with E-state index in [9.17, 15) is 9.59 Å². The van der Waals surface area contributed by atoms with Crippen LogP contribution < -0.4 is 5.32 Å². The molecule has 0 atom stereocenters. The van der Waals surface area contributed by atoms with E-state index >= 15 is 0 Å². The Hall–Kier alpha value is -3.41. The number of ether oxygens (including phenoxy) is 1. The zero-order valence-electron chi connectivity index (χ0n) is 14.4. The SMILES string of the molecule is Cc1c(C(=O)OCC(=O)NCc2ccccc2)cnn1-c1ccccc1. The molecule has 0 unspecified atom stereocenters. The third-order valence-electron chi connectivity index (χ3n) is 3.90. The van der Waals surface area contributed by atoms with E-state index < -0.39 is 5.97 Å². The minimum absolute atomic E-state index is 0.332. The van der Waals surface area contributed by atoms with Crippen molar-refractivity contribution < 1.29 is 14.3 Å². The monoisotopic (exact) mass is 349 g/mol. The Morgan fingerprint density at radius 2 is 1.69 bits per heavy atom. The number of carbonyl (C=O) groups is 2. The zero-order chi connectivity index (χ0) is 18.4. The van der Waals surface area contributed by atoms with Crippen molar-refractivity contribution in [2.45, 2.75) is 13.5 Å². The summed E-state index contributed by atoms with van der Waals surface area (Å²) in [6.45, 7) is 1.84. The van der Waals surface area contributed by atoms with Gasteiger partial charge in [-0.25, -0.2) is 9.48 Å². The number of esters is 1. The zero-order valence-corrected chi connectivity index (χ0v) is 14.4. The van der Waals surface area contributed by atoms with Crippen molar-refractivity contribution in [2.75, 3.05) is 6.61 Å². The van der Waals surface area contributed by atoms with Crippen LogP contribution in [0.4, 0.5) is 0 Å². The predicted molar refractivity (Wildman–Crippen MR) is 96.9 cm³/mol. The van der Waals surface area contributed by atoms with Gasteiger partial charge in [0.05, 0.1) is 17.6 Å². The minimum atomic E-state index is -0.570. The van der Waals surface area contributed by atoms with Crippen molar-refractivity contribution in [3.05, 3.63) is 83.7 Å². The molecule has 0 saturated carbocycles. The summed E-state index contributed by atoms with van der Waals surface area (Å²) in [5.41, 5.74) is 2.83. The number of benzene rings is 2. The number of hydrogen-bond donors (Lipinski definition) is 1. The normalized spacial score (nSPS) is 10.3. The summed E-state index contributed by atoms with van der Waals surface area (Å²) in [4.78, 5) is 24.1. The summed E-state index contributed by atoms with van der Waals surface area (Å²) in [5.74, 6) is -0.921. The first-order valence-corrected chi connectivity index (χ1v) is 8.23. The summed E-state index contributed by atoms with van der Waals surface area (Å²) >= 11 is 0. The average Bonchev–Trinajstić information content (AvgIpc) is 3.07. The van der Waals surface area contributed by atoms with Gasteiger partial charge in [0.25, 0.3) is 5.91 Å². The summed E-state index contributed by atoms with van der Waals surface area (Å²) in [6, 6.07) is 19.0. The summed E-state index contributed by atoms with van der Waals surface area (Å²) in [5, 5.41) is 6.94. The van der Waals surface area contributed by atoms with E-state index in [1.165, 1.54) is 6.20 Å². The molecule has 1 amide bonds. The van der Waals surface area contributed by atoms with Crippen molar-refractivity contribution in [3.63, 3.8) is 0 Å². The molecule has 0 fully saturated rings. The van der Waals surface area contributed by atoms with Crippen LogP contribution in [-0.2, 0) is 16.1 Å². The van der Waals surface area contributed by atoms with Gasteiger partial charge in [-0.3, -0.25) is 4.79 Å². The van der Waals surface area contributed by atoms with Crippen molar-refractivity contribution >= 4 is 11.9 Å². The van der Waals surface area contributed by atoms with Crippen LogP contribution >= 0.6 is 0 Å². The number of rotatable bonds is 6. The fourth-order valence-electron chi connectivity index (χ4n) is 2.50. The number of amides is 1. The lowest BCUT2D eigenvalue weighted by atomic mass is 10.2. The maximum Gasteiger partial charge on any atom is 0.342 e. The number of aromatic nitrogens is 2. The highest BCUT2D eigenvalue weighted by atomic mass is 16.5. The van der Waals surface area contributed by atoms with Crippen molar-refractivity contribution in [1.29, 1.82) is 0 Å². The van der Waals surface area contributed by atoms with E-state index in [1.807, 2.05) is 60.7 Å². The lowest BCUT2D eigenvalue weighted by Crippen LogP contribution is -2.28. The van der Waals surface area contributed by atoms with E-state index in [0.29, 0.717) is 17.8 Å². The van der Waals surface area contributed by atoms with Crippen LogP contribution in [0.25, 0.3) is 5.69 Å². The van der Waals surface area contributed by atoms with Gasteiger partial charge in [-0.1, -0.05) is 48.5 Å². The van der Waals surface area contributed by atoms with E-state index in [0.717, 1.165) is 11.3 Å². The molecule has 1 heterocycles. The molecule has 0 aliphatic carbocycles. The minimum Gasteiger partial charge on any atom is -0.452 e. The smallest absolute Gasteiger partial charge is 0.342 e. The second-order valence-corrected chi connectivity index (χ2v) is 5.73. The first-order chi connectivity index (χ1) is 12.6. The molecule has 1 aromatic heterocycles. The molecule has 6 nitrogen and oxygen atoms in total. The van der Waals surface area contributed by atoms with Crippen molar-refractivity contribution in [1.82, 2.24) is 15.1 Å². The largest absolute Gasteiger partial charge is 0.452 e. The standard InChI is InChI=1S/C20H19N3O3/c1-15-18(13-22-23(15)17-10-6-3-7-11-17)20(25)26-14-19(24)21-12-16-8-4-2-5-9-16/h2-11,13H,12,14H2,1H3,(H,21,24). The summed E-state index contributed by atoms with van der Waals surface area (Å²) in [6.07, 6.45) is 1.45. The van der Waals surface area contributed by atoms with Crippen LogP contribution in [-0.4, -0.2) is 28.3 Å². The molecular weight excluding hydrogens is 330 g/mol. The maximum absolute atomic E-state index is 12.2. The van der Waals surface area contributed by atoms with Crippen molar-refractivity contribution in [2.24, 2.45) is 0 Å². The second kappa shape index (κ2) is 8.11. The quantitative estimate of drug-likeness (QED) is 0.695. The highest BCUT2D eigenvalue weighted by molar-refractivity contribution is 5.92. The van der Waals surface area contributed by atoms with Gasteiger partial charge in [0.1, 0.15) is 5.56 Å². The van der Waals surface area contributed by atoms with Crippen LogP contribution in [0.5, 0.6) is 0 Å². The van der Waals surface area contributed by atoms with Gasteiger partial charge in [-0.15, -0.1) is 0 Å². The molecule has 0 aliphatic heterocycles. The molecule has 2 aromatic carbocycles. The van der Waals surface area contributed by atoms with Crippen LogP contribution in [0.2, 0.25) is 0 Å². The van der Waals surface area contributed by atoms with Gasteiger partial charge in [0.2, 0.25) is 0 Å². The fourth-order valence-corrected chi connectivity index (χ4v) is 2.50. The number of hydrogen-bond acceptors (Lipinski definition) is 4. The molecule has 6 heteroatoms. The van der Waals surface area contributed by atoms with Gasteiger partial charge in [-0.05, 0) is 24.6 Å². The Morgan fingerprint density at radius 3 is 2.38 bits per heavy atom. The molecule has 132 valence electrons. The summed E-state index contributed by atoms with van der Waals surface area (Å²) in [7, 11) is 0. The number of nitrogens with one attached hydrogen (secondary N) is 1. The molecule has 0 spiro atoms. The lowest BCUT2D eigenvalue weighted by molar-refractivity contribution is -0.124. The van der Waals surface area contributed by atoms with Crippen LogP contribution in [0.1, 0.15) is 21.6 Å². The van der Waals surface area contributed by atoms with Gasteiger partial charge in [-0.2, -0.15) is 5.10 Å².